The predicted molar refractivity (Wildman–Crippen MR) is 98.1 cm³/mol. The molecule has 0 heterocycles. The van der Waals surface area contributed by atoms with Crippen molar-refractivity contribution in [1.29, 1.82) is 0 Å². The van der Waals surface area contributed by atoms with Crippen molar-refractivity contribution in [1.82, 2.24) is 0 Å². The lowest BCUT2D eigenvalue weighted by Crippen LogP contribution is -2.10. The maximum absolute atomic E-state index is 6.32. The zero-order valence-electron chi connectivity index (χ0n) is 15.6. The molecular weight excluding hydrogens is 268 g/mol. The second kappa shape index (κ2) is 13.0. The normalized spacial score (nSPS) is 15.0. The number of unbranched alkanes of at least 4 members (excludes halogenated alkanes) is 6. The van der Waals surface area contributed by atoms with Crippen LogP contribution in [0.4, 0.5) is 0 Å². The van der Waals surface area contributed by atoms with Crippen molar-refractivity contribution < 1.29 is 4.74 Å². The second-order valence-electron chi connectivity index (χ2n) is 7.15. The summed E-state index contributed by atoms with van der Waals surface area (Å²) in [6, 6.07) is 0. The average molecular weight is 309 g/mol. The minimum absolute atomic E-state index is 0.788. The van der Waals surface area contributed by atoms with Crippen LogP contribution in [0.5, 0.6) is 0 Å². The Hall–Kier alpha value is -0.460. The fourth-order valence-electron chi connectivity index (χ4n) is 3.11. The van der Waals surface area contributed by atoms with Crippen LogP contribution >= 0.6 is 0 Å². The maximum Gasteiger partial charge on any atom is 0.0952 e. The van der Waals surface area contributed by atoms with Gasteiger partial charge >= 0.3 is 0 Å². The summed E-state index contributed by atoms with van der Waals surface area (Å²) in [5.74, 6) is 2.17. The largest absolute Gasteiger partial charge is 0.498 e. The standard InChI is InChI=1S/C21H40O/c1-4-7-10-12-15-21(20-16-17-20)22-18-19(13-9-6-3)14-11-8-5-2/h19H,4-18H2,1-3H3. The van der Waals surface area contributed by atoms with Crippen molar-refractivity contribution >= 4 is 0 Å². The molecule has 0 aliphatic heterocycles. The molecule has 0 aromatic rings. The summed E-state index contributed by atoms with van der Waals surface area (Å²) in [5.41, 5.74) is 1.62. The van der Waals surface area contributed by atoms with Gasteiger partial charge in [0.05, 0.1) is 12.4 Å². The van der Waals surface area contributed by atoms with Gasteiger partial charge in [0.2, 0.25) is 0 Å². The van der Waals surface area contributed by atoms with Gasteiger partial charge in [-0.25, -0.2) is 0 Å². The van der Waals surface area contributed by atoms with E-state index in [9.17, 15) is 0 Å². The third-order valence-electron chi connectivity index (χ3n) is 4.83. The predicted octanol–water partition coefficient (Wildman–Crippen LogP) is 7.41. The summed E-state index contributed by atoms with van der Waals surface area (Å²) >= 11 is 0. The van der Waals surface area contributed by atoms with Crippen LogP contribution < -0.4 is 0 Å². The Labute approximate surface area is 139 Å². The highest BCUT2D eigenvalue weighted by molar-refractivity contribution is 5.21. The Morgan fingerprint density at radius 3 is 2.09 bits per heavy atom. The summed E-state index contributed by atoms with van der Waals surface area (Å²) in [6.45, 7) is 7.86. The van der Waals surface area contributed by atoms with E-state index < -0.39 is 0 Å². The van der Waals surface area contributed by atoms with Gasteiger partial charge in [-0.2, -0.15) is 0 Å². The highest BCUT2D eigenvalue weighted by atomic mass is 16.5. The Morgan fingerprint density at radius 1 is 0.818 bits per heavy atom. The molecule has 0 saturated heterocycles. The molecule has 1 fully saturated rings. The highest BCUT2D eigenvalue weighted by Crippen LogP contribution is 2.35. The average Bonchev–Trinajstić information content (AvgIpc) is 3.36. The molecule has 1 heteroatoms. The van der Waals surface area contributed by atoms with E-state index in [1.807, 2.05) is 0 Å². The summed E-state index contributed by atoms with van der Waals surface area (Å²) in [7, 11) is 0. The third-order valence-corrected chi connectivity index (χ3v) is 4.83. The first-order valence-corrected chi connectivity index (χ1v) is 10.1. The molecule has 0 amide bonds. The quantitative estimate of drug-likeness (QED) is 0.226. The fraction of sp³-hybridized carbons (Fsp3) is 0.905. The summed E-state index contributed by atoms with van der Waals surface area (Å²) < 4.78 is 6.32. The van der Waals surface area contributed by atoms with Crippen molar-refractivity contribution in [3.05, 3.63) is 11.3 Å². The Bertz CT molecular complexity index is 286. The number of allylic oxidation sites excluding steroid dienone is 2. The lowest BCUT2D eigenvalue weighted by Gasteiger charge is -2.19. The molecule has 0 aromatic carbocycles. The van der Waals surface area contributed by atoms with E-state index in [4.69, 9.17) is 4.74 Å². The number of rotatable bonds is 15. The molecule has 1 rings (SSSR count). The van der Waals surface area contributed by atoms with Crippen LogP contribution in [-0.4, -0.2) is 6.61 Å². The molecule has 0 aromatic heterocycles. The van der Waals surface area contributed by atoms with Crippen LogP contribution in [0.3, 0.4) is 0 Å². The van der Waals surface area contributed by atoms with E-state index >= 15 is 0 Å². The van der Waals surface area contributed by atoms with Gasteiger partial charge in [-0.3, -0.25) is 0 Å². The Kier molecular flexibility index (Phi) is 11.6. The molecule has 22 heavy (non-hydrogen) atoms. The van der Waals surface area contributed by atoms with Gasteiger partial charge in [0.15, 0.2) is 0 Å². The van der Waals surface area contributed by atoms with E-state index in [1.165, 1.54) is 95.7 Å². The molecule has 1 unspecified atom stereocenters. The van der Waals surface area contributed by atoms with E-state index in [2.05, 4.69) is 20.8 Å². The van der Waals surface area contributed by atoms with Crippen LogP contribution in [0.2, 0.25) is 0 Å². The van der Waals surface area contributed by atoms with Gasteiger partial charge in [0.1, 0.15) is 0 Å². The highest BCUT2D eigenvalue weighted by Gasteiger charge is 2.20. The summed E-state index contributed by atoms with van der Waals surface area (Å²) in [6.07, 6.45) is 18.7. The SMILES string of the molecule is CCCCCCC(OCC(CCCC)CCCCC)=C1CC1. The monoisotopic (exact) mass is 308 g/mol. The topological polar surface area (TPSA) is 9.23 Å². The van der Waals surface area contributed by atoms with Crippen LogP contribution in [0.1, 0.15) is 111 Å². The van der Waals surface area contributed by atoms with Gasteiger partial charge < -0.3 is 4.74 Å². The van der Waals surface area contributed by atoms with E-state index in [0.29, 0.717) is 0 Å². The van der Waals surface area contributed by atoms with E-state index in [1.54, 1.807) is 5.57 Å². The van der Waals surface area contributed by atoms with E-state index in [-0.39, 0.29) is 0 Å². The minimum atomic E-state index is 0.788. The minimum Gasteiger partial charge on any atom is -0.498 e. The van der Waals surface area contributed by atoms with Crippen molar-refractivity contribution in [3.8, 4) is 0 Å². The zero-order chi connectivity index (χ0) is 16.0. The van der Waals surface area contributed by atoms with Crippen molar-refractivity contribution in [2.24, 2.45) is 5.92 Å². The molecule has 1 atom stereocenters. The van der Waals surface area contributed by atoms with Crippen LogP contribution in [0.25, 0.3) is 0 Å². The van der Waals surface area contributed by atoms with Gasteiger partial charge in [-0.05, 0) is 43.6 Å². The Morgan fingerprint density at radius 2 is 1.45 bits per heavy atom. The van der Waals surface area contributed by atoms with Gasteiger partial charge in [0, 0.05) is 6.42 Å². The molecule has 1 nitrogen and oxygen atoms in total. The van der Waals surface area contributed by atoms with Crippen molar-refractivity contribution in [3.63, 3.8) is 0 Å². The lowest BCUT2D eigenvalue weighted by molar-refractivity contribution is 0.142. The van der Waals surface area contributed by atoms with Crippen LogP contribution in [-0.2, 0) is 4.74 Å². The number of hydrogen-bond acceptors (Lipinski definition) is 1. The molecule has 1 saturated carbocycles. The first kappa shape index (κ1) is 19.6. The van der Waals surface area contributed by atoms with Gasteiger partial charge in [0.25, 0.3) is 0 Å². The first-order chi connectivity index (χ1) is 10.8. The van der Waals surface area contributed by atoms with Crippen LogP contribution in [0, 0.1) is 5.92 Å². The summed E-state index contributed by atoms with van der Waals surface area (Å²) in [4.78, 5) is 0. The van der Waals surface area contributed by atoms with E-state index in [0.717, 1.165) is 12.5 Å². The van der Waals surface area contributed by atoms with Crippen LogP contribution in [0.15, 0.2) is 11.3 Å². The zero-order valence-corrected chi connectivity index (χ0v) is 15.6. The number of hydrogen-bond donors (Lipinski definition) is 0. The smallest absolute Gasteiger partial charge is 0.0952 e. The molecular formula is C21H40O. The molecule has 0 spiro atoms. The van der Waals surface area contributed by atoms with Crippen molar-refractivity contribution in [2.45, 2.75) is 111 Å². The van der Waals surface area contributed by atoms with Gasteiger partial charge in [-0.15, -0.1) is 0 Å². The molecule has 130 valence electrons. The summed E-state index contributed by atoms with van der Waals surface area (Å²) in [5, 5.41) is 0. The first-order valence-electron chi connectivity index (χ1n) is 10.1. The van der Waals surface area contributed by atoms with Crippen molar-refractivity contribution in [2.75, 3.05) is 6.61 Å². The second-order valence-corrected chi connectivity index (χ2v) is 7.15. The van der Waals surface area contributed by atoms with Gasteiger partial charge in [-0.1, -0.05) is 72.1 Å². The molecule has 1 aliphatic rings. The maximum atomic E-state index is 6.32. The molecule has 0 N–H and O–H groups in total. The molecule has 0 bridgehead atoms. The lowest BCUT2D eigenvalue weighted by atomic mass is 9.96. The molecule has 0 radical (unpaired) electrons. The Balaban J connectivity index is 2.30. The number of ether oxygens (including phenoxy) is 1. The molecule has 1 aliphatic carbocycles. The fourth-order valence-corrected chi connectivity index (χ4v) is 3.11. The third kappa shape index (κ3) is 9.54.